The number of hydrogen-bond acceptors (Lipinski definition) is 2. The molecule has 1 unspecified atom stereocenters. The van der Waals surface area contributed by atoms with Crippen LogP contribution >= 0.6 is 0 Å². The van der Waals surface area contributed by atoms with Gasteiger partial charge in [0.25, 0.3) is 0 Å². The van der Waals surface area contributed by atoms with Crippen LogP contribution < -0.4 is 5.32 Å². The van der Waals surface area contributed by atoms with Crippen LogP contribution in [0.15, 0.2) is 11.6 Å². The highest BCUT2D eigenvalue weighted by molar-refractivity contribution is 5.07. The van der Waals surface area contributed by atoms with Crippen LogP contribution in [-0.4, -0.2) is 37.1 Å². The zero-order valence-corrected chi connectivity index (χ0v) is 13.1. The third-order valence-electron chi connectivity index (χ3n) is 5.62. The molecular formula is C18H32N2. The van der Waals surface area contributed by atoms with E-state index in [-0.39, 0.29) is 0 Å². The predicted molar refractivity (Wildman–Crippen MR) is 86.0 cm³/mol. The van der Waals surface area contributed by atoms with Crippen LogP contribution in [0.2, 0.25) is 0 Å². The average Bonchev–Trinajstić information content (AvgIpc) is 2.90. The normalized spacial score (nSPS) is 30.2. The van der Waals surface area contributed by atoms with Gasteiger partial charge >= 0.3 is 0 Å². The molecule has 0 spiro atoms. The molecule has 1 saturated heterocycles. The molecule has 3 rings (SSSR count). The van der Waals surface area contributed by atoms with Crippen molar-refractivity contribution in [1.82, 2.24) is 10.2 Å². The van der Waals surface area contributed by atoms with Gasteiger partial charge in [0.15, 0.2) is 0 Å². The maximum absolute atomic E-state index is 3.85. The molecule has 1 heterocycles. The van der Waals surface area contributed by atoms with Crippen LogP contribution in [0.1, 0.15) is 64.2 Å². The van der Waals surface area contributed by atoms with Gasteiger partial charge in [-0.25, -0.2) is 0 Å². The van der Waals surface area contributed by atoms with E-state index in [1.54, 1.807) is 5.57 Å². The van der Waals surface area contributed by atoms with E-state index in [9.17, 15) is 0 Å². The molecule has 0 radical (unpaired) electrons. The molecule has 1 saturated carbocycles. The molecule has 0 aromatic heterocycles. The minimum atomic E-state index is 0.773. The number of hydrogen-bond donors (Lipinski definition) is 1. The summed E-state index contributed by atoms with van der Waals surface area (Å²) < 4.78 is 0. The van der Waals surface area contributed by atoms with Crippen LogP contribution in [0.25, 0.3) is 0 Å². The Balaban J connectivity index is 1.48. The fraction of sp³-hybridized carbons (Fsp3) is 0.889. The second-order valence-corrected chi connectivity index (χ2v) is 7.12. The SMILES string of the molecule is C1=C(CCN2CCCNC(C3CCCCC3)C2)CCC1. The lowest BCUT2D eigenvalue weighted by molar-refractivity contribution is 0.207. The number of nitrogens with zero attached hydrogens (tertiary/aromatic N) is 1. The van der Waals surface area contributed by atoms with E-state index in [1.807, 2.05) is 0 Å². The lowest BCUT2D eigenvalue weighted by atomic mass is 9.83. The summed E-state index contributed by atoms with van der Waals surface area (Å²) >= 11 is 0. The fourth-order valence-electron chi connectivity index (χ4n) is 4.35. The minimum Gasteiger partial charge on any atom is -0.312 e. The Morgan fingerprint density at radius 1 is 1.10 bits per heavy atom. The first-order chi connectivity index (χ1) is 9.92. The number of allylic oxidation sites excluding steroid dienone is 1. The van der Waals surface area contributed by atoms with Crippen LogP contribution in [-0.2, 0) is 0 Å². The van der Waals surface area contributed by atoms with E-state index in [2.05, 4.69) is 16.3 Å². The van der Waals surface area contributed by atoms with Crippen molar-refractivity contribution < 1.29 is 0 Å². The summed E-state index contributed by atoms with van der Waals surface area (Å²) in [5, 5.41) is 3.85. The smallest absolute Gasteiger partial charge is 0.0223 e. The lowest BCUT2D eigenvalue weighted by Crippen LogP contribution is -2.43. The Labute approximate surface area is 125 Å². The predicted octanol–water partition coefficient (Wildman–Crippen LogP) is 3.73. The van der Waals surface area contributed by atoms with Crippen molar-refractivity contribution in [1.29, 1.82) is 0 Å². The van der Waals surface area contributed by atoms with Crippen molar-refractivity contribution in [3.05, 3.63) is 11.6 Å². The van der Waals surface area contributed by atoms with Crippen molar-refractivity contribution in [3.8, 4) is 0 Å². The van der Waals surface area contributed by atoms with Crippen molar-refractivity contribution in [2.24, 2.45) is 5.92 Å². The van der Waals surface area contributed by atoms with Crippen molar-refractivity contribution in [2.45, 2.75) is 70.3 Å². The molecule has 3 aliphatic rings. The molecule has 2 fully saturated rings. The molecular weight excluding hydrogens is 244 g/mol. The summed E-state index contributed by atoms with van der Waals surface area (Å²) in [6.45, 7) is 5.15. The standard InChI is InChI=1S/C18H32N2/c1-2-9-17(10-3-1)18-15-20(13-6-12-19-18)14-11-16-7-4-5-8-16/h7,17-19H,1-6,8-15H2. The number of rotatable bonds is 4. The summed E-state index contributed by atoms with van der Waals surface area (Å²) in [4.78, 5) is 2.75. The second-order valence-electron chi connectivity index (χ2n) is 7.12. The highest BCUT2D eigenvalue weighted by atomic mass is 15.2. The highest BCUT2D eigenvalue weighted by Crippen LogP contribution is 2.28. The molecule has 0 bridgehead atoms. The van der Waals surface area contributed by atoms with Crippen LogP contribution in [0, 0.1) is 5.92 Å². The Morgan fingerprint density at radius 2 is 2.00 bits per heavy atom. The van der Waals surface area contributed by atoms with E-state index in [1.165, 1.54) is 90.4 Å². The van der Waals surface area contributed by atoms with Gasteiger partial charge < -0.3 is 10.2 Å². The van der Waals surface area contributed by atoms with Crippen molar-refractivity contribution >= 4 is 0 Å². The molecule has 20 heavy (non-hydrogen) atoms. The van der Waals surface area contributed by atoms with Gasteiger partial charge in [0, 0.05) is 19.1 Å². The van der Waals surface area contributed by atoms with Crippen LogP contribution in [0.3, 0.4) is 0 Å². The first kappa shape index (κ1) is 14.6. The van der Waals surface area contributed by atoms with E-state index in [0.717, 1.165) is 12.0 Å². The Bertz CT molecular complexity index is 317. The average molecular weight is 276 g/mol. The third kappa shape index (κ3) is 4.08. The summed E-state index contributed by atoms with van der Waals surface area (Å²) in [7, 11) is 0. The zero-order chi connectivity index (χ0) is 13.6. The van der Waals surface area contributed by atoms with E-state index in [4.69, 9.17) is 0 Å². The molecule has 2 aliphatic carbocycles. The summed E-state index contributed by atoms with van der Waals surface area (Å²) in [6.07, 6.45) is 16.6. The van der Waals surface area contributed by atoms with E-state index in [0.29, 0.717) is 0 Å². The van der Waals surface area contributed by atoms with Gasteiger partial charge in [0.1, 0.15) is 0 Å². The molecule has 2 nitrogen and oxygen atoms in total. The second kappa shape index (κ2) is 7.61. The molecule has 0 aromatic carbocycles. The van der Waals surface area contributed by atoms with Gasteiger partial charge in [-0.1, -0.05) is 30.9 Å². The van der Waals surface area contributed by atoms with Crippen molar-refractivity contribution in [2.75, 3.05) is 26.2 Å². The van der Waals surface area contributed by atoms with Gasteiger partial charge in [0.05, 0.1) is 0 Å². The molecule has 0 amide bonds. The Hall–Kier alpha value is -0.340. The van der Waals surface area contributed by atoms with Crippen LogP contribution in [0.4, 0.5) is 0 Å². The molecule has 1 aliphatic heterocycles. The highest BCUT2D eigenvalue weighted by Gasteiger charge is 2.26. The van der Waals surface area contributed by atoms with Crippen LogP contribution in [0.5, 0.6) is 0 Å². The van der Waals surface area contributed by atoms with Gasteiger partial charge in [-0.15, -0.1) is 0 Å². The van der Waals surface area contributed by atoms with Gasteiger partial charge in [0.2, 0.25) is 0 Å². The molecule has 0 aromatic rings. The van der Waals surface area contributed by atoms with Crippen molar-refractivity contribution in [3.63, 3.8) is 0 Å². The Morgan fingerprint density at radius 3 is 2.80 bits per heavy atom. The first-order valence-corrected chi connectivity index (χ1v) is 9.05. The summed E-state index contributed by atoms with van der Waals surface area (Å²) in [5.41, 5.74) is 1.73. The minimum absolute atomic E-state index is 0.773. The molecule has 2 heteroatoms. The molecule has 114 valence electrons. The van der Waals surface area contributed by atoms with Gasteiger partial charge in [-0.3, -0.25) is 0 Å². The maximum atomic E-state index is 3.85. The molecule has 1 atom stereocenters. The third-order valence-corrected chi connectivity index (χ3v) is 5.62. The quantitative estimate of drug-likeness (QED) is 0.787. The topological polar surface area (TPSA) is 15.3 Å². The van der Waals surface area contributed by atoms with Gasteiger partial charge in [-0.2, -0.15) is 0 Å². The maximum Gasteiger partial charge on any atom is 0.0223 e. The lowest BCUT2D eigenvalue weighted by Gasteiger charge is -2.33. The number of nitrogens with one attached hydrogen (secondary N) is 1. The van der Waals surface area contributed by atoms with Gasteiger partial charge in [-0.05, 0) is 64.0 Å². The summed E-state index contributed by atoms with van der Waals surface area (Å²) in [6, 6.07) is 0.773. The molecule has 1 N–H and O–H groups in total. The fourth-order valence-corrected chi connectivity index (χ4v) is 4.35. The monoisotopic (exact) mass is 276 g/mol. The largest absolute Gasteiger partial charge is 0.312 e. The summed E-state index contributed by atoms with van der Waals surface area (Å²) in [5.74, 6) is 0.954. The van der Waals surface area contributed by atoms with E-state index < -0.39 is 0 Å². The Kier molecular flexibility index (Phi) is 5.55. The first-order valence-electron chi connectivity index (χ1n) is 9.05. The zero-order valence-electron chi connectivity index (χ0n) is 13.1. The van der Waals surface area contributed by atoms with E-state index >= 15 is 0 Å².